The van der Waals surface area contributed by atoms with Crippen molar-refractivity contribution in [3.05, 3.63) is 42.5 Å². The minimum atomic E-state index is -0.472. The summed E-state index contributed by atoms with van der Waals surface area (Å²) in [6.45, 7) is 7.18. The van der Waals surface area contributed by atoms with Crippen molar-refractivity contribution < 1.29 is 9.53 Å². The maximum absolute atomic E-state index is 12.2. The predicted octanol–water partition coefficient (Wildman–Crippen LogP) is 3.48. The van der Waals surface area contributed by atoms with Gasteiger partial charge >= 0.3 is 0 Å². The number of carbonyl (C=O) groups excluding carboxylic acids is 1. The molecule has 0 aromatic heterocycles. The lowest BCUT2D eigenvalue weighted by Crippen LogP contribution is -2.40. The van der Waals surface area contributed by atoms with Gasteiger partial charge in [0.25, 0.3) is 5.91 Å². The third-order valence-corrected chi connectivity index (χ3v) is 3.48. The van der Waals surface area contributed by atoms with Crippen molar-refractivity contribution in [3.63, 3.8) is 0 Å². The van der Waals surface area contributed by atoms with E-state index in [9.17, 15) is 4.79 Å². The summed E-state index contributed by atoms with van der Waals surface area (Å²) < 4.78 is 5.88. The van der Waals surface area contributed by atoms with E-state index in [0.717, 1.165) is 16.5 Å². The van der Waals surface area contributed by atoms with Gasteiger partial charge in [-0.25, -0.2) is 0 Å². The lowest BCUT2D eigenvalue weighted by Gasteiger charge is -2.23. The van der Waals surface area contributed by atoms with E-state index in [1.54, 1.807) is 4.90 Å². The van der Waals surface area contributed by atoms with Crippen molar-refractivity contribution in [1.82, 2.24) is 4.90 Å². The first kappa shape index (κ1) is 14.4. The van der Waals surface area contributed by atoms with Gasteiger partial charge in [-0.2, -0.15) is 0 Å². The zero-order valence-electron chi connectivity index (χ0n) is 12.3. The molecule has 0 bridgehead atoms. The minimum absolute atomic E-state index is 0.0305. The zero-order valence-corrected chi connectivity index (χ0v) is 12.3. The van der Waals surface area contributed by atoms with Crippen LogP contribution in [0.25, 0.3) is 10.8 Å². The van der Waals surface area contributed by atoms with Gasteiger partial charge in [0.05, 0.1) is 0 Å². The molecule has 0 fully saturated rings. The Kier molecular flexibility index (Phi) is 4.61. The molecule has 1 atom stereocenters. The first-order valence-corrected chi connectivity index (χ1v) is 7.10. The lowest BCUT2D eigenvalue weighted by atomic mass is 10.1. The molecule has 20 heavy (non-hydrogen) atoms. The van der Waals surface area contributed by atoms with Crippen LogP contribution in [0.1, 0.15) is 20.8 Å². The number of likely N-dealkylation sites (N-methyl/N-ethyl adjacent to an activating group) is 1. The van der Waals surface area contributed by atoms with Gasteiger partial charge in [0.2, 0.25) is 0 Å². The molecule has 2 rings (SSSR count). The fraction of sp³-hybridized carbons (Fsp3) is 0.353. The first-order chi connectivity index (χ1) is 9.67. The molecule has 0 N–H and O–H groups in total. The standard InChI is InChI=1S/C17H21NO2/c1-4-18(5-2)17(19)13(3)20-16-12-8-10-14-9-6-7-11-15(14)16/h6-13H,4-5H2,1-3H3/t13-/m1/s1. The number of amides is 1. The molecule has 2 aromatic rings. The highest BCUT2D eigenvalue weighted by Gasteiger charge is 2.20. The Morgan fingerprint density at radius 3 is 2.45 bits per heavy atom. The van der Waals surface area contributed by atoms with Gasteiger partial charge in [-0.05, 0) is 32.2 Å². The Hall–Kier alpha value is -2.03. The van der Waals surface area contributed by atoms with Crippen molar-refractivity contribution in [3.8, 4) is 5.75 Å². The van der Waals surface area contributed by atoms with Crippen LogP contribution >= 0.6 is 0 Å². The number of hydrogen-bond acceptors (Lipinski definition) is 2. The molecule has 0 aliphatic heterocycles. The third-order valence-electron chi connectivity index (χ3n) is 3.48. The van der Waals surface area contributed by atoms with Gasteiger partial charge in [0.1, 0.15) is 5.75 Å². The second kappa shape index (κ2) is 6.42. The van der Waals surface area contributed by atoms with Gasteiger partial charge in [0.15, 0.2) is 6.10 Å². The van der Waals surface area contributed by atoms with Gasteiger partial charge in [-0.3, -0.25) is 4.79 Å². The second-order valence-electron chi connectivity index (χ2n) is 4.75. The average Bonchev–Trinajstić information content (AvgIpc) is 2.48. The monoisotopic (exact) mass is 271 g/mol. The summed E-state index contributed by atoms with van der Waals surface area (Å²) in [6, 6.07) is 13.9. The predicted molar refractivity (Wildman–Crippen MR) is 82.0 cm³/mol. The van der Waals surface area contributed by atoms with E-state index >= 15 is 0 Å². The minimum Gasteiger partial charge on any atom is -0.480 e. The molecule has 0 aliphatic carbocycles. The Bertz CT molecular complexity index is 585. The van der Waals surface area contributed by atoms with E-state index in [1.807, 2.05) is 63.2 Å². The number of fused-ring (bicyclic) bond motifs is 1. The quantitative estimate of drug-likeness (QED) is 0.833. The Morgan fingerprint density at radius 1 is 1.10 bits per heavy atom. The summed E-state index contributed by atoms with van der Waals surface area (Å²) in [6.07, 6.45) is -0.472. The summed E-state index contributed by atoms with van der Waals surface area (Å²) in [5.41, 5.74) is 0. The molecule has 106 valence electrons. The largest absolute Gasteiger partial charge is 0.480 e. The van der Waals surface area contributed by atoms with E-state index in [2.05, 4.69) is 0 Å². The number of benzene rings is 2. The smallest absolute Gasteiger partial charge is 0.263 e. The third kappa shape index (κ3) is 2.93. The molecule has 0 heterocycles. The van der Waals surface area contributed by atoms with Crippen LogP contribution in [-0.2, 0) is 4.79 Å². The van der Waals surface area contributed by atoms with E-state index in [0.29, 0.717) is 13.1 Å². The van der Waals surface area contributed by atoms with Crippen LogP contribution in [-0.4, -0.2) is 30.0 Å². The molecule has 0 spiro atoms. The van der Waals surface area contributed by atoms with Crippen LogP contribution in [0.15, 0.2) is 42.5 Å². The molecule has 1 amide bonds. The maximum atomic E-state index is 12.2. The number of rotatable bonds is 5. The van der Waals surface area contributed by atoms with E-state index in [-0.39, 0.29) is 5.91 Å². The summed E-state index contributed by atoms with van der Waals surface area (Å²) in [5.74, 6) is 0.791. The summed E-state index contributed by atoms with van der Waals surface area (Å²) in [7, 11) is 0. The fourth-order valence-corrected chi connectivity index (χ4v) is 2.33. The second-order valence-corrected chi connectivity index (χ2v) is 4.75. The first-order valence-electron chi connectivity index (χ1n) is 7.10. The number of hydrogen-bond donors (Lipinski definition) is 0. The topological polar surface area (TPSA) is 29.5 Å². The van der Waals surface area contributed by atoms with Gasteiger partial charge in [-0.15, -0.1) is 0 Å². The molecule has 3 nitrogen and oxygen atoms in total. The fourth-order valence-electron chi connectivity index (χ4n) is 2.33. The molecule has 0 aliphatic rings. The molecular weight excluding hydrogens is 250 g/mol. The Morgan fingerprint density at radius 2 is 1.75 bits per heavy atom. The molecular formula is C17H21NO2. The normalized spacial score (nSPS) is 12.2. The van der Waals surface area contributed by atoms with Crippen molar-refractivity contribution >= 4 is 16.7 Å². The molecule has 2 aromatic carbocycles. The maximum Gasteiger partial charge on any atom is 0.263 e. The zero-order chi connectivity index (χ0) is 14.5. The van der Waals surface area contributed by atoms with E-state index in [4.69, 9.17) is 4.74 Å². The van der Waals surface area contributed by atoms with Crippen molar-refractivity contribution in [2.45, 2.75) is 26.9 Å². The highest BCUT2D eigenvalue weighted by molar-refractivity contribution is 5.89. The highest BCUT2D eigenvalue weighted by atomic mass is 16.5. The van der Waals surface area contributed by atoms with Gasteiger partial charge in [-0.1, -0.05) is 36.4 Å². The summed E-state index contributed by atoms with van der Waals surface area (Å²) in [5, 5.41) is 2.15. The van der Waals surface area contributed by atoms with Gasteiger partial charge in [0, 0.05) is 18.5 Å². The molecule has 0 unspecified atom stereocenters. The van der Waals surface area contributed by atoms with Crippen LogP contribution < -0.4 is 4.74 Å². The molecule has 0 saturated heterocycles. The van der Waals surface area contributed by atoms with Crippen LogP contribution in [0.2, 0.25) is 0 Å². The molecule has 0 radical (unpaired) electrons. The SMILES string of the molecule is CCN(CC)C(=O)[C@@H](C)Oc1cccc2ccccc12. The summed E-state index contributed by atoms with van der Waals surface area (Å²) >= 11 is 0. The van der Waals surface area contributed by atoms with Crippen LogP contribution in [0.3, 0.4) is 0 Å². The Labute approximate surface area is 120 Å². The number of ether oxygens (including phenoxy) is 1. The van der Waals surface area contributed by atoms with Crippen LogP contribution in [0.5, 0.6) is 5.75 Å². The van der Waals surface area contributed by atoms with E-state index in [1.165, 1.54) is 0 Å². The number of nitrogens with zero attached hydrogens (tertiary/aromatic N) is 1. The van der Waals surface area contributed by atoms with Crippen molar-refractivity contribution in [2.24, 2.45) is 0 Å². The van der Waals surface area contributed by atoms with Crippen molar-refractivity contribution in [2.75, 3.05) is 13.1 Å². The number of carbonyl (C=O) groups is 1. The highest BCUT2D eigenvalue weighted by Crippen LogP contribution is 2.26. The van der Waals surface area contributed by atoms with Crippen molar-refractivity contribution in [1.29, 1.82) is 0 Å². The van der Waals surface area contributed by atoms with E-state index < -0.39 is 6.10 Å². The molecule has 0 saturated carbocycles. The van der Waals surface area contributed by atoms with Crippen LogP contribution in [0, 0.1) is 0 Å². The average molecular weight is 271 g/mol. The molecule has 3 heteroatoms. The van der Waals surface area contributed by atoms with Crippen LogP contribution in [0.4, 0.5) is 0 Å². The lowest BCUT2D eigenvalue weighted by molar-refractivity contribution is -0.137. The summed E-state index contributed by atoms with van der Waals surface area (Å²) in [4.78, 5) is 14.0. The Balaban J connectivity index is 2.22. The van der Waals surface area contributed by atoms with Gasteiger partial charge < -0.3 is 9.64 Å².